The number of hydrogen-bond donors (Lipinski definition) is 2. The fourth-order valence-corrected chi connectivity index (χ4v) is 5.29. The number of ether oxygens (including phenoxy) is 1. The van der Waals surface area contributed by atoms with Gasteiger partial charge in [0.15, 0.2) is 17.4 Å². The summed E-state index contributed by atoms with van der Waals surface area (Å²) in [7, 11) is 2.72. The van der Waals surface area contributed by atoms with Gasteiger partial charge in [0.05, 0.1) is 29.6 Å². The van der Waals surface area contributed by atoms with Crippen LogP contribution in [-0.4, -0.2) is 82.3 Å². The van der Waals surface area contributed by atoms with Crippen LogP contribution in [0.4, 0.5) is 14.5 Å². The summed E-state index contributed by atoms with van der Waals surface area (Å²) >= 11 is 6.41. The summed E-state index contributed by atoms with van der Waals surface area (Å²) in [6, 6.07) is 6.53. The van der Waals surface area contributed by atoms with Gasteiger partial charge in [0.2, 0.25) is 17.6 Å². The molecule has 2 aliphatic rings. The Labute approximate surface area is 244 Å². The van der Waals surface area contributed by atoms with Crippen molar-refractivity contribution in [3.05, 3.63) is 64.6 Å². The molecular formula is C28H27ClF2N6O5. The van der Waals surface area contributed by atoms with E-state index in [0.717, 1.165) is 0 Å². The minimum Gasteiger partial charge on any atom is -0.494 e. The van der Waals surface area contributed by atoms with E-state index in [-0.39, 0.29) is 51.1 Å². The van der Waals surface area contributed by atoms with Crippen molar-refractivity contribution in [3.63, 3.8) is 0 Å². The monoisotopic (exact) mass is 600 g/mol. The molecule has 0 bridgehead atoms. The van der Waals surface area contributed by atoms with Crippen LogP contribution < -0.4 is 15.4 Å². The lowest BCUT2D eigenvalue weighted by molar-refractivity contribution is -0.135. The minimum atomic E-state index is -1.15. The van der Waals surface area contributed by atoms with Crippen molar-refractivity contribution in [2.24, 2.45) is 7.05 Å². The molecule has 3 aromatic rings. The van der Waals surface area contributed by atoms with Gasteiger partial charge in [0, 0.05) is 50.9 Å². The highest BCUT2D eigenvalue weighted by molar-refractivity contribution is 6.34. The van der Waals surface area contributed by atoms with Crippen LogP contribution in [0.5, 0.6) is 5.75 Å². The molecule has 5 rings (SSSR count). The van der Waals surface area contributed by atoms with E-state index in [1.807, 2.05) is 0 Å². The Morgan fingerprint density at radius 2 is 1.79 bits per heavy atom. The zero-order valence-corrected chi connectivity index (χ0v) is 23.5. The zero-order chi connectivity index (χ0) is 30.1. The van der Waals surface area contributed by atoms with Gasteiger partial charge in [-0.2, -0.15) is 4.39 Å². The topological polar surface area (TPSA) is 126 Å². The molecule has 3 heterocycles. The zero-order valence-electron chi connectivity index (χ0n) is 22.7. The number of anilines is 1. The highest BCUT2D eigenvalue weighted by Gasteiger charge is 2.33. The van der Waals surface area contributed by atoms with Crippen molar-refractivity contribution in [2.45, 2.75) is 18.9 Å². The third kappa shape index (κ3) is 5.51. The molecule has 14 heteroatoms. The molecule has 42 heavy (non-hydrogen) atoms. The maximum absolute atomic E-state index is 14.6. The summed E-state index contributed by atoms with van der Waals surface area (Å²) in [4.78, 5) is 57.5. The Hall–Kier alpha value is -4.52. The second-order valence-electron chi connectivity index (χ2n) is 9.89. The number of benzene rings is 2. The third-order valence-electron chi connectivity index (χ3n) is 7.36. The summed E-state index contributed by atoms with van der Waals surface area (Å²) in [5, 5.41) is 5.43. The van der Waals surface area contributed by atoms with Crippen LogP contribution in [0.15, 0.2) is 36.5 Å². The maximum atomic E-state index is 14.6. The lowest BCUT2D eigenvalue weighted by atomic mass is 10.1. The smallest absolute Gasteiger partial charge is 0.291 e. The molecule has 220 valence electrons. The number of amides is 4. The molecule has 2 aliphatic heterocycles. The first-order valence-electron chi connectivity index (χ1n) is 13.1. The van der Waals surface area contributed by atoms with Crippen molar-refractivity contribution in [1.29, 1.82) is 0 Å². The van der Waals surface area contributed by atoms with Crippen LogP contribution in [0.3, 0.4) is 0 Å². The Morgan fingerprint density at radius 1 is 1.07 bits per heavy atom. The largest absolute Gasteiger partial charge is 0.494 e. The fourth-order valence-electron chi connectivity index (χ4n) is 5.03. The standard InChI is InChI=1S/C28H27ClF2N6O5/c1-35-20(17-5-7-21(42-2)24(31)23(17)30)14-32-25(35)26(39)33-15-3-4-16(18(29)13-15)27(40)36-9-11-37(12-10-36)28(41)19-6-8-22(38)34-19/h3-5,7,13-14,19H,6,8-12H2,1-2H3,(H,33,39)(H,34,38). The van der Waals surface area contributed by atoms with E-state index in [0.29, 0.717) is 44.7 Å². The molecule has 1 atom stereocenters. The number of hydrogen-bond acceptors (Lipinski definition) is 6. The molecule has 1 aromatic heterocycles. The van der Waals surface area contributed by atoms with Crippen molar-refractivity contribution < 1.29 is 32.7 Å². The highest BCUT2D eigenvalue weighted by atomic mass is 35.5. The van der Waals surface area contributed by atoms with Crippen LogP contribution in [0.2, 0.25) is 5.02 Å². The van der Waals surface area contributed by atoms with E-state index >= 15 is 0 Å². The molecule has 2 N–H and O–H groups in total. The van der Waals surface area contributed by atoms with Gasteiger partial charge in [-0.15, -0.1) is 0 Å². The van der Waals surface area contributed by atoms with Crippen LogP contribution in [0, 0.1) is 11.6 Å². The van der Waals surface area contributed by atoms with Crippen molar-refractivity contribution in [2.75, 3.05) is 38.6 Å². The molecular weight excluding hydrogens is 574 g/mol. The first-order chi connectivity index (χ1) is 20.1. The molecule has 2 aromatic carbocycles. The number of halogens is 3. The van der Waals surface area contributed by atoms with E-state index < -0.39 is 23.6 Å². The lowest BCUT2D eigenvalue weighted by Crippen LogP contribution is -2.54. The van der Waals surface area contributed by atoms with E-state index in [1.54, 1.807) is 9.80 Å². The predicted molar refractivity (Wildman–Crippen MR) is 148 cm³/mol. The van der Waals surface area contributed by atoms with Gasteiger partial charge in [-0.25, -0.2) is 9.37 Å². The molecule has 0 saturated carbocycles. The van der Waals surface area contributed by atoms with Crippen LogP contribution in [-0.2, 0) is 16.6 Å². The van der Waals surface area contributed by atoms with E-state index in [1.165, 1.54) is 55.3 Å². The van der Waals surface area contributed by atoms with Gasteiger partial charge < -0.3 is 29.7 Å². The predicted octanol–water partition coefficient (Wildman–Crippen LogP) is 2.84. The number of aromatic nitrogens is 2. The summed E-state index contributed by atoms with van der Waals surface area (Å²) in [6.45, 7) is 1.28. The first-order valence-corrected chi connectivity index (χ1v) is 13.5. The molecule has 1 unspecified atom stereocenters. The number of nitrogens with one attached hydrogen (secondary N) is 2. The second-order valence-corrected chi connectivity index (χ2v) is 10.3. The number of methoxy groups -OCH3 is 1. The number of nitrogens with zero attached hydrogens (tertiary/aromatic N) is 4. The van der Waals surface area contributed by atoms with E-state index in [4.69, 9.17) is 16.3 Å². The van der Waals surface area contributed by atoms with Crippen LogP contribution in [0.25, 0.3) is 11.3 Å². The summed E-state index contributed by atoms with van der Waals surface area (Å²) < 4.78 is 35.0. The molecule has 2 saturated heterocycles. The van der Waals surface area contributed by atoms with Gasteiger partial charge in [0.25, 0.3) is 11.8 Å². The van der Waals surface area contributed by atoms with Crippen molar-refractivity contribution >= 4 is 40.9 Å². The Morgan fingerprint density at radius 3 is 2.43 bits per heavy atom. The molecule has 4 amide bonds. The summed E-state index contributed by atoms with van der Waals surface area (Å²) in [5.41, 5.74) is 0.604. The highest BCUT2D eigenvalue weighted by Crippen LogP contribution is 2.30. The van der Waals surface area contributed by atoms with Gasteiger partial charge in [0.1, 0.15) is 6.04 Å². The van der Waals surface area contributed by atoms with Gasteiger partial charge >= 0.3 is 0 Å². The molecule has 11 nitrogen and oxygen atoms in total. The van der Waals surface area contributed by atoms with E-state index in [9.17, 15) is 28.0 Å². The van der Waals surface area contributed by atoms with Crippen molar-refractivity contribution in [1.82, 2.24) is 24.7 Å². The van der Waals surface area contributed by atoms with Gasteiger partial charge in [-0.3, -0.25) is 19.2 Å². The normalized spacial score (nSPS) is 16.8. The second kappa shape index (κ2) is 11.8. The molecule has 0 aliphatic carbocycles. The quantitative estimate of drug-likeness (QED) is 0.448. The Kier molecular flexibility index (Phi) is 8.12. The summed E-state index contributed by atoms with van der Waals surface area (Å²) in [5.74, 6) is -3.83. The van der Waals surface area contributed by atoms with Gasteiger partial charge in [-0.05, 0) is 36.8 Å². The SMILES string of the molecule is COc1ccc(-c2cnc(C(=O)Nc3ccc(C(=O)N4CCN(C(=O)C5CCC(=O)N5)CC4)c(Cl)c3)n2C)c(F)c1F. The fraction of sp³-hybridized carbons (Fsp3) is 0.321. The molecule has 2 fully saturated rings. The number of rotatable bonds is 6. The average molecular weight is 601 g/mol. The average Bonchev–Trinajstić information content (AvgIpc) is 3.59. The molecule has 0 spiro atoms. The number of piperazine rings is 1. The maximum Gasteiger partial charge on any atom is 0.291 e. The van der Waals surface area contributed by atoms with Crippen LogP contribution >= 0.6 is 11.6 Å². The Balaban J connectivity index is 1.22. The van der Waals surface area contributed by atoms with Gasteiger partial charge in [-0.1, -0.05) is 11.6 Å². The lowest BCUT2D eigenvalue weighted by Gasteiger charge is -2.36. The van der Waals surface area contributed by atoms with Crippen LogP contribution in [0.1, 0.15) is 33.8 Å². The van der Waals surface area contributed by atoms with E-state index in [2.05, 4.69) is 15.6 Å². The molecule has 0 radical (unpaired) electrons. The minimum absolute atomic E-state index is 0.0681. The first kappa shape index (κ1) is 29.0. The number of carbonyl (C=O) groups excluding carboxylic acids is 4. The Bertz CT molecular complexity index is 1590. The third-order valence-corrected chi connectivity index (χ3v) is 7.68. The number of imidazole rings is 1. The van der Waals surface area contributed by atoms with Crippen molar-refractivity contribution in [3.8, 4) is 17.0 Å². The summed E-state index contributed by atoms with van der Waals surface area (Å²) in [6.07, 6.45) is 2.06. The number of carbonyl (C=O) groups is 4.